The molecule has 2 aromatic carbocycles. The van der Waals surface area contributed by atoms with E-state index in [0.29, 0.717) is 27.7 Å². The number of nitrogens with zero attached hydrogens (tertiary/aromatic N) is 3. The molecule has 0 saturated carbocycles. The molecule has 0 saturated heterocycles. The third kappa shape index (κ3) is 4.75. The number of hydrogen-bond acceptors (Lipinski definition) is 6. The summed E-state index contributed by atoms with van der Waals surface area (Å²) in [6.45, 7) is 0.356. The number of pyridine rings is 2. The van der Waals surface area contributed by atoms with Crippen LogP contribution in [-0.4, -0.2) is 36.3 Å². The number of amides is 1. The Bertz CT molecular complexity index is 1900. The summed E-state index contributed by atoms with van der Waals surface area (Å²) in [5.41, 5.74) is 5.26. The zero-order chi connectivity index (χ0) is 27.0. The first-order chi connectivity index (χ1) is 18.9. The molecular formula is C29H23N5O3S2. The second-order valence-corrected chi connectivity index (χ2v) is 12.1. The molecule has 0 aliphatic rings. The fraction of sp³-hybridized carbons (Fsp3) is 0.0690. The van der Waals surface area contributed by atoms with Gasteiger partial charge in [-0.3, -0.25) is 14.1 Å². The second-order valence-electron chi connectivity index (χ2n) is 8.96. The molecule has 0 aliphatic heterocycles. The van der Waals surface area contributed by atoms with Gasteiger partial charge in [0.25, 0.3) is 15.9 Å². The minimum absolute atomic E-state index is 0.174. The Hall–Kier alpha value is -4.54. The van der Waals surface area contributed by atoms with Crippen molar-refractivity contribution in [3.05, 3.63) is 108 Å². The van der Waals surface area contributed by atoms with Crippen molar-refractivity contribution in [2.75, 3.05) is 11.4 Å². The first-order valence-corrected chi connectivity index (χ1v) is 14.4. The summed E-state index contributed by atoms with van der Waals surface area (Å²) in [6.07, 6.45) is 3.48. The molecule has 8 nitrogen and oxygen atoms in total. The van der Waals surface area contributed by atoms with Crippen molar-refractivity contribution in [3.63, 3.8) is 0 Å². The lowest BCUT2D eigenvalue weighted by Crippen LogP contribution is -2.25. The highest BCUT2D eigenvalue weighted by Crippen LogP contribution is 2.33. The van der Waals surface area contributed by atoms with Crippen LogP contribution in [0.4, 0.5) is 5.69 Å². The van der Waals surface area contributed by atoms with Gasteiger partial charge in [0.1, 0.15) is 9.86 Å². The maximum absolute atomic E-state index is 13.0. The van der Waals surface area contributed by atoms with Crippen molar-refractivity contribution in [2.24, 2.45) is 0 Å². The zero-order valence-electron chi connectivity index (χ0n) is 20.8. The van der Waals surface area contributed by atoms with Gasteiger partial charge in [-0.1, -0.05) is 24.3 Å². The third-order valence-electron chi connectivity index (χ3n) is 6.54. The maximum atomic E-state index is 13.0. The van der Waals surface area contributed by atoms with Gasteiger partial charge in [0.2, 0.25) is 0 Å². The number of H-pyrrole nitrogens is 1. The predicted octanol–water partition coefficient (Wildman–Crippen LogP) is 5.59. The van der Waals surface area contributed by atoms with Gasteiger partial charge in [-0.15, -0.1) is 11.3 Å². The van der Waals surface area contributed by atoms with Crippen LogP contribution in [0.5, 0.6) is 0 Å². The van der Waals surface area contributed by atoms with Crippen LogP contribution in [0.15, 0.2) is 101 Å². The number of nitrogens with one attached hydrogen (secondary N) is 2. The summed E-state index contributed by atoms with van der Waals surface area (Å²) >= 11 is 1.19. The fourth-order valence-corrected chi connectivity index (χ4v) is 6.74. The standard InChI is InChI=1S/C29H23N5O3S2/c1-34(39(36,37)27-6-4-14-38-27)23-11-12-26-24(16-23)25-15-21(17-31-28(25)33-26)19-7-9-20(10-8-19)29(35)32-18-22-5-2-3-13-30-22/h2-17H,18H2,1H3,(H,31,33)(H,32,35). The number of carbonyl (C=O) groups excluding carboxylic acids is 1. The van der Waals surface area contributed by atoms with Gasteiger partial charge >= 0.3 is 0 Å². The maximum Gasteiger partial charge on any atom is 0.273 e. The number of anilines is 1. The Labute approximate surface area is 229 Å². The van der Waals surface area contributed by atoms with Crippen LogP contribution in [0.3, 0.4) is 0 Å². The van der Waals surface area contributed by atoms with E-state index in [4.69, 9.17) is 0 Å². The molecule has 4 heterocycles. The number of fused-ring (bicyclic) bond motifs is 3. The first kappa shape index (κ1) is 24.8. The Balaban J connectivity index is 1.28. The average Bonchev–Trinajstić information content (AvgIpc) is 3.64. The predicted molar refractivity (Wildman–Crippen MR) is 154 cm³/mol. The van der Waals surface area contributed by atoms with E-state index in [1.807, 2.05) is 48.5 Å². The van der Waals surface area contributed by atoms with Crippen LogP contribution in [0.2, 0.25) is 0 Å². The van der Waals surface area contributed by atoms with Gasteiger partial charge < -0.3 is 10.3 Å². The largest absolute Gasteiger partial charge is 0.346 e. The van der Waals surface area contributed by atoms with Crippen molar-refractivity contribution in [1.29, 1.82) is 0 Å². The highest BCUT2D eigenvalue weighted by atomic mass is 32.2. The number of aromatic amines is 1. The summed E-state index contributed by atoms with van der Waals surface area (Å²) in [5, 5.41) is 6.38. The Morgan fingerprint density at radius 1 is 0.949 bits per heavy atom. The molecule has 0 spiro atoms. The van der Waals surface area contributed by atoms with E-state index in [0.717, 1.165) is 33.1 Å². The summed E-state index contributed by atoms with van der Waals surface area (Å²) in [4.78, 5) is 24.7. The van der Waals surface area contributed by atoms with Crippen molar-refractivity contribution in [2.45, 2.75) is 10.8 Å². The smallest absolute Gasteiger partial charge is 0.273 e. The fourth-order valence-electron chi connectivity index (χ4n) is 4.39. The van der Waals surface area contributed by atoms with Gasteiger partial charge in [0.05, 0.1) is 17.9 Å². The van der Waals surface area contributed by atoms with Crippen molar-refractivity contribution >= 4 is 54.9 Å². The van der Waals surface area contributed by atoms with E-state index < -0.39 is 10.0 Å². The highest BCUT2D eigenvalue weighted by molar-refractivity contribution is 7.94. The molecule has 0 radical (unpaired) electrons. The van der Waals surface area contributed by atoms with Gasteiger partial charge in [-0.25, -0.2) is 13.4 Å². The number of hydrogen-bond donors (Lipinski definition) is 2. The molecule has 194 valence electrons. The minimum atomic E-state index is -3.65. The zero-order valence-corrected chi connectivity index (χ0v) is 22.5. The van der Waals surface area contributed by atoms with E-state index >= 15 is 0 Å². The topological polar surface area (TPSA) is 108 Å². The minimum Gasteiger partial charge on any atom is -0.346 e. The third-order valence-corrected chi connectivity index (χ3v) is 9.70. The van der Waals surface area contributed by atoms with E-state index in [1.165, 1.54) is 15.6 Å². The molecular weight excluding hydrogens is 530 g/mol. The Morgan fingerprint density at radius 2 is 1.79 bits per heavy atom. The van der Waals surface area contributed by atoms with Crippen molar-refractivity contribution in [3.8, 4) is 11.1 Å². The molecule has 39 heavy (non-hydrogen) atoms. The molecule has 4 aromatic heterocycles. The normalized spacial score (nSPS) is 11.6. The van der Waals surface area contributed by atoms with Crippen LogP contribution in [0, 0.1) is 0 Å². The van der Waals surface area contributed by atoms with E-state index in [1.54, 1.807) is 55.2 Å². The molecule has 0 fully saturated rings. The first-order valence-electron chi connectivity index (χ1n) is 12.1. The molecule has 2 N–H and O–H groups in total. The van der Waals surface area contributed by atoms with E-state index in [9.17, 15) is 13.2 Å². The molecule has 0 aliphatic carbocycles. The van der Waals surface area contributed by atoms with E-state index in [2.05, 4.69) is 20.3 Å². The molecule has 10 heteroatoms. The van der Waals surface area contributed by atoms with Crippen molar-refractivity contribution in [1.82, 2.24) is 20.3 Å². The summed E-state index contributed by atoms with van der Waals surface area (Å²) in [7, 11) is -2.09. The quantitative estimate of drug-likeness (QED) is 0.268. The average molecular weight is 554 g/mol. The number of thiophene rings is 1. The van der Waals surface area contributed by atoms with Gasteiger partial charge in [0, 0.05) is 46.9 Å². The summed E-state index contributed by atoms with van der Waals surface area (Å²) < 4.78 is 27.7. The molecule has 0 bridgehead atoms. The summed E-state index contributed by atoms with van der Waals surface area (Å²) in [6, 6.07) is 23.8. The highest BCUT2D eigenvalue weighted by Gasteiger charge is 2.23. The number of sulfonamides is 1. The van der Waals surface area contributed by atoms with Gasteiger partial charge in [-0.05, 0) is 65.5 Å². The van der Waals surface area contributed by atoms with Crippen molar-refractivity contribution < 1.29 is 13.2 Å². The van der Waals surface area contributed by atoms with Crippen LogP contribution in [0.25, 0.3) is 33.1 Å². The molecule has 6 aromatic rings. The molecule has 1 amide bonds. The van der Waals surface area contributed by atoms with Crippen LogP contribution >= 0.6 is 11.3 Å². The Morgan fingerprint density at radius 3 is 2.54 bits per heavy atom. The number of rotatable bonds is 7. The molecule has 0 atom stereocenters. The van der Waals surface area contributed by atoms with E-state index in [-0.39, 0.29) is 5.91 Å². The number of aromatic nitrogens is 3. The van der Waals surface area contributed by atoms with Gasteiger partial charge in [0.15, 0.2) is 0 Å². The second kappa shape index (κ2) is 9.97. The SMILES string of the molecule is CN(c1ccc2[nH]c3ncc(-c4ccc(C(=O)NCc5ccccn5)cc4)cc3c2c1)S(=O)(=O)c1cccs1. The van der Waals surface area contributed by atoms with Crippen LogP contribution in [-0.2, 0) is 16.6 Å². The monoisotopic (exact) mass is 553 g/mol. The van der Waals surface area contributed by atoms with Gasteiger partial charge in [-0.2, -0.15) is 0 Å². The molecule has 6 rings (SSSR count). The molecule has 0 unspecified atom stereocenters. The number of carbonyl (C=O) groups is 1. The summed E-state index contributed by atoms with van der Waals surface area (Å²) in [5.74, 6) is -0.174. The number of benzene rings is 2. The lowest BCUT2D eigenvalue weighted by Gasteiger charge is -2.18. The van der Waals surface area contributed by atoms with Crippen LogP contribution in [0.1, 0.15) is 16.1 Å². The Kier molecular flexibility index (Phi) is 6.34. The lowest BCUT2D eigenvalue weighted by atomic mass is 10.0. The lowest BCUT2D eigenvalue weighted by molar-refractivity contribution is 0.0950. The van der Waals surface area contributed by atoms with Crippen LogP contribution < -0.4 is 9.62 Å².